The molecule has 3 aromatic heterocycles. The van der Waals surface area contributed by atoms with Crippen LogP contribution < -0.4 is 14.5 Å². The number of benzene rings is 1. The zero-order valence-electron chi connectivity index (χ0n) is 25.6. The average molecular weight is 606 g/mol. The summed E-state index contributed by atoms with van der Waals surface area (Å²) in [6, 6.07) is 10.6. The second-order valence-electron chi connectivity index (χ2n) is 12.1. The summed E-state index contributed by atoms with van der Waals surface area (Å²) < 4.78 is 13.5. The van der Waals surface area contributed by atoms with Crippen molar-refractivity contribution >= 4 is 28.3 Å². The van der Waals surface area contributed by atoms with Gasteiger partial charge in [-0.25, -0.2) is 0 Å². The summed E-state index contributed by atoms with van der Waals surface area (Å²) in [5.74, 6) is 0.486. The molecule has 0 saturated carbocycles. The first-order chi connectivity index (χ1) is 21.9. The molecule has 0 bridgehead atoms. The summed E-state index contributed by atoms with van der Waals surface area (Å²) in [6.07, 6.45) is 5.92. The van der Waals surface area contributed by atoms with Crippen LogP contribution in [-0.2, 0) is 23.2 Å². The highest BCUT2D eigenvalue weighted by molar-refractivity contribution is 5.97. The van der Waals surface area contributed by atoms with E-state index in [4.69, 9.17) is 19.4 Å². The number of fused-ring (bicyclic) bond motifs is 1. The summed E-state index contributed by atoms with van der Waals surface area (Å²) in [5.41, 5.74) is 5.34. The van der Waals surface area contributed by atoms with Crippen molar-refractivity contribution in [1.82, 2.24) is 29.6 Å². The van der Waals surface area contributed by atoms with Crippen molar-refractivity contribution in [2.45, 2.75) is 20.0 Å². The molecule has 0 aliphatic carbocycles. The SMILES string of the molecule is C=CC(=O)N1CC2(CCN(c3nc(OCc4ccc(N5CCOCC5)cn4)nc(-c4c(C)ccc5cnn(C)c45)c3C#N)C2)C1. The number of nitriles is 1. The lowest BCUT2D eigenvalue weighted by molar-refractivity contribution is -0.136. The maximum Gasteiger partial charge on any atom is 0.319 e. The van der Waals surface area contributed by atoms with Crippen LogP contribution in [0.4, 0.5) is 11.5 Å². The first-order valence-electron chi connectivity index (χ1n) is 15.2. The van der Waals surface area contributed by atoms with Gasteiger partial charge in [0.1, 0.15) is 18.2 Å². The predicted molar refractivity (Wildman–Crippen MR) is 169 cm³/mol. The number of carbonyl (C=O) groups is 1. The van der Waals surface area contributed by atoms with E-state index in [1.165, 1.54) is 6.08 Å². The number of aromatic nitrogens is 5. The molecule has 7 rings (SSSR count). The van der Waals surface area contributed by atoms with Crippen LogP contribution >= 0.6 is 0 Å². The molecule has 1 amide bonds. The number of rotatable bonds is 7. The van der Waals surface area contributed by atoms with Crippen LogP contribution in [0.3, 0.4) is 0 Å². The maximum absolute atomic E-state index is 12.2. The van der Waals surface area contributed by atoms with E-state index in [1.54, 1.807) is 0 Å². The lowest BCUT2D eigenvalue weighted by atomic mass is 9.79. The van der Waals surface area contributed by atoms with E-state index in [-0.39, 0.29) is 23.9 Å². The number of morpholine rings is 1. The minimum atomic E-state index is -0.0527. The van der Waals surface area contributed by atoms with E-state index in [2.05, 4.69) is 32.5 Å². The van der Waals surface area contributed by atoms with Gasteiger partial charge in [-0.05, 0) is 37.1 Å². The van der Waals surface area contributed by atoms with Crippen LogP contribution in [0.15, 0.2) is 49.3 Å². The molecular weight excluding hydrogens is 570 g/mol. The number of carbonyl (C=O) groups excluding carboxylic acids is 1. The Bertz CT molecular complexity index is 1820. The second kappa shape index (κ2) is 11.5. The molecule has 0 unspecified atom stereocenters. The van der Waals surface area contributed by atoms with E-state index >= 15 is 0 Å². The molecule has 0 radical (unpaired) electrons. The Morgan fingerprint density at radius 3 is 2.67 bits per heavy atom. The molecule has 3 saturated heterocycles. The molecule has 1 spiro atoms. The molecule has 1 aromatic carbocycles. The number of anilines is 2. The molecular formula is C33H35N9O3. The number of hydrogen-bond donors (Lipinski definition) is 0. The highest BCUT2D eigenvalue weighted by atomic mass is 16.5. The molecule has 3 aliphatic heterocycles. The largest absolute Gasteiger partial charge is 0.457 e. The number of amides is 1. The van der Waals surface area contributed by atoms with Crippen LogP contribution in [0.1, 0.15) is 23.2 Å². The fraction of sp³-hybridized carbons (Fsp3) is 0.394. The third kappa shape index (κ3) is 5.23. The molecule has 6 heterocycles. The predicted octanol–water partition coefficient (Wildman–Crippen LogP) is 3.25. The Labute approximate surface area is 261 Å². The van der Waals surface area contributed by atoms with Crippen LogP contribution in [0, 0.1) is 23.7 Å². The summed E-state index contributed by atoms with van der Waals surface area (Å²) >= 11 is 0. The maximum atomic E-state index is 12.2. The highest BCUT2D eigenvalue weighted by Crippen LogP contribution is 2.43. The van der Waals surface area contributed by atoms with Crippen LogP contribution in [0.25, 0.3) is 22.2 Å². The minimum Gasteiger partial charge on any atom is -0.457 e. The Kier molecular flexibility index (Phi) is 7.33. The Balaban J connectivity index is 1.23. The topological polar surface area (TPSA) is 126 Å². The van der Waals surface area contributed by atoms with Crippen molar-refractivity contribution in [3.8, 4) is 23.3 Å². The standard InChI is InChI=1S/C33H35N9O3/c1-4-27(43)42-20-33(21-42)9-10-41(19-33)31-26(15-34)29(28-22(2)5-6-23-16-36-39(3)30(23)28)37-32(38-31)45-18-24-7-8-25(17-35-24)40-11-13-44-14-12-40/h4-8,16-17H,1,9-14,18-21H2,2-3H3. The zero-order valence-corrected chi connectivity index (χ0v) is 25.6. The minimum absolute atomic E-state index is 0.0400. The molecule has 12 nitrogen and oxygen atoms in total. The number of aryl methyl sites for hydroxylation is 2. The summed E-state index contributed by atoms with van der Waals surface area (Å²) in [5, 5.41) is 16.0. The third-order valence-electron chi connectivity index (χ3n) is 9.14. The van der Waals surface area contributed by atoms with Gasteiger partial charge >= 0.3 is 6.01 Å². The number of hydrogen-bond acceptors (Lipinski definition) is 10. The molecule has 12 heteroatoms. The number of pyridine rings is 1. The van der Waals surface area contributed by atoms with Gasteiger partial charge in [0.15, 0.2) is 5.82 Å². The lowest BCUT2D eigenvalue weighted by Gasteiger charge is -2.47. The molecule has 0 N–H and O–H groups in total. The summed E-state index contributed by atoms with van der Waals surface area (Å²) in [4.78, 5) is 32.7. The van der Waals surface area contributed by atoms with Crippen molar-refractivity contribution in [2.75, 3.05) is 62.3 Å². The van der Waals surface area contributed by atoms with Crippen molar-refractivity contribution in [2.24, 2.45) is 12.5 Å². The molecule has 45 heavy (non-hydrogen) atoms. The number of nitrogens with zero attached hydrogens (tertiary/aromatic N) is 9. The third-order valence-corrected chi connectivity index (χ3v) is 9.14. The van der Waals surface area contributed by atoms with E-state index < -0.39 is 0 Å². The highest BCUT2D eigenvalue weighted by Gasteiger charge is 2.49. The number of likely N-dealkylation sites (tertiary alicyclic amines) is 1. The second-order valence-corrected chi connectivity index (χ2v) is 12.1. The van der Waals surface area contributed by atoms with Crippen molar-refractivity contribution < 1.29 is 14.3 Å². The van der Waals surface area contributed by atoms with Gasteiger partial charge in [0.2, 0.25) is 5.91 Å². The van der Waals surface area contributed by atoms with Gasteiger partial charge < -0.3 is 24.2 Å². The van der Waals surface area contributed by atoms with Gasteiger partial charge in [0, 0.05) is 62.7 Å². The van der Waals surface area contributed by atoms with E-state index in [0.29, 0.717) is 56.5 Å². The molecule has 3 aliphatic rings. The lowest BCUT2D eigenvalue weighted by Crippen LogP contribution is -2.59. The van der Waals surface area contributed by atoms with Crippen molar-refractivity contribution in [3.05, 3.63) is 66.1 Å². The molecule has 4 aromatic rings. The summed E-state index contributed by atoms with van der Waals surface area (Å²) in [7, 11) is 1.89. The van der Waals surface area contributed by atoms with Crippen molar-refractivity contribution in [3.63, 3.8) is 0 Å². The first-order valence-corrected chi connectivity index (χ1v) is 15.2. The molecule has 0 atom stereocenters. The average Bonchev–Trinajstić information content (AvgIpc) is 3.67. The quantitative estimate of drug-likeness (QED) is 0.290. The Morgan fingerprint density at radius 2 is 1.93 bits per heavy atom. The Morgan fingerprint density at radius 1 is 1.11 bits per heavy atom. The van der Waals surface area contributed by atoms with E-state index in [0.717, 1.165) is 52.9 Å². The monoisotopic (exact) mass is 605 g/mol. The van der Waals surface area contributed by atoms with Gasteiger partial charge in [-0.3, -0.25) is 14.5 Å². The van der Waals surface area contributed by atoms with Crippen LogP contribution in [0.5, 0.6) is 6.01 Å². The van der Waals surface area contributed by atoms with Crippen LogP contribution in [-0.4, -0.2) is 88.0 Å². The number of ether oxygens (including phenoxy) is 2. The zero-order chi connectivity index (χ0) is 31.1. The van der Waals surface area contributed by atoms with Crippen LogP contribution in [0.2, 0.25) is 0 Å². The fourth-order valence-corrected chi connectivity index (χ4v) is 6.74. The first kappa shape index (κ1) is 28.7. The van der Waals surface area contributed by atoms with Gasteiger partial charge in [-0.1, -0.05) is 18.7 Å². The van der Waals surface area contributed by atoms with E-state index in [9.17, 15) is 10.1 Å². The van der Waals surface area contributed by atoms with Gasteiger partial charge in [-0.2, -0.15) is 20.3 Å². The van der Waals surface area contributed by atoms with Crippen molar-refractivity contribution in [1.29, 1.82) is 5.26 Å². The normalized spacial score (nSPS) is 17.4. The summed E-state index contributed by atoms with van der Waals surface area (Å²) in [6.45, 7) is 11.6. The Hall–Kier alpha value is -5.02. The van der Waals surface area contributed by atoms with Gasteiger partial charge in [-0.15, -0.1) is 0 Å². The van der Waals surface area contributed by atoms with E-state index in [1.807, 2.05) is 60.2 Å². The fourth-order valence-electron chi connectivity index (χ4n) is 6.74. The molecule has 230 valence electrons. The van der Waals surface area contributed by atoms with Gasteiger partial charge in [0.05, 0.1) is 48.2 Å². The van der Waals surface area contributed by atoms with Gasteiger partial charge in [0.25, 0.3) is 0 Å². The smallest absolute Gasteiger partial charge is 0.319 e. The molecule has 3 fully saturated rings.